The third kappa shape index (κ3) is 9.11. The smallest absolute Gasteiger partial charge is 0.233 e. The van der Waals surface area contributed by atoms with Crippen LogP contribution in [0.4, 0.5) is 8.78 Å². The molecule has 10 heteroatoms. The van der Waals surface area contributed by atoms with Crippen molar-refractivity contribution in [1.29, 1.82) is 0 Å². The van der Waals surface area contributed by atoms with Crippen molar-refractivity contribution in [2.24, 2.45) is 4.99 Å². The van der Waals surface area contributed by atoms with E-state index in [4.69, 9.17) is 4.74 Å². The van der Waals surface area contributed by atoms with Crippen molar-refractivity contribution >= 4 is 35.8 Å². The van der Waals surface area contributed by atoms with Gasteiger partial charge in [0.05, 0.1) is 13.1 Å². The van der Waals surface area contributed by atoms with E-state index in [1.165, 1.54) is 6.07 Å². The van der Waals surface area contributed by atoms with Gasteiger partial charge in [-0.2, -0.15) is 0 Å². The lowest BCUT2D eigenvalue weighted by molar-refractivity contribution is -0.122. The number of aliphatic imine (C=N–C) groups is 1. The number of ether oxygens (including phenoxy) is 1. The van der Waals surface area contributed by atoms with Gasteiger partial charge in [-0.25, -0.2) is 13.8 Å². The lowest BCUT2D eigenvalue weighted by Gasteiger charge is -2.32. The van der Waals surface area contributed by atoms with Crippen molar-refractivity contribution in [3.8, 4) is 5.75 Å². The van der Waals surface area contributed by atoms with Crippen LogP contribution in [0.3, 0.4) is 0 Å². The largest absolute Gasteiger partial charge is 0.492 e. The monoisotopic (exact) mass is 525 g/mol. The summed E-state index contributed by atoms with van der Waals surface area (Å²) in [5.74, 6) is -0.830. The standard InChI is InChI=1S/C19H29F2N5O2.HI/c1-3-23-19(24-8-11-28-15-4-5-16(20)17(21)12-15)25-14-6-9-26(10-7-14)13-18(27)22-2;/h4-5,12,14H,3,6-11,13H2,1-2H3,(H,22,27)(H2,23,24,25);1H. The lowest BCUT2D eigenvalue weighted by atomic mass is 10.1. The van der Waals surface area contributed by atoms with E-state index >= 15 is 0 Å². The molecular formula is C19H30F2IN5O2. The third-order valence-corrected chi connectivity index (χ3v) is 4.44. The fraction of sp³-hybridized carbons (Fsp3) is 0.579. The first-order chi connectivity index (χ1) is 13.5. The molecule has 0 bridgehead atoms. The van der Waals surface area contributed by atoms with Gasteiger partial charge in [-0.1, -0.05) is 0 Å². The van der Waals surface area contributed by atoms with Crippen molar-refractivity contribution in [3.63, 3.8) is 0 Å². The third-order valence-electron chi connectivity index (χ3n) is 4.44. The number of nitrogens with one attached hydrogen (secondary N) is 3. The maximum Gasteiger partial charge on any atom is 0.233 e. The highest BCUT2D eigenvalue weighted by Crippen LogP contribution is 2.15. The minimum absolute atomic E-state index is 0. The molecule has 1 amide bonds. The number of hydrogen-bond donors (Lipinski definition) is 3. The van der Waals surface area contributed by atoms with Crippen molar-refractivity contribution < 1.29 is 18.3 Å². The lowest BCUT2D eigenvalue weighted by Crippen LogP contribution is -2.50. The van der Waals surface area contributed by atoms with Crippen LogP contribution in [-0.4, -0.2) is 69.2 Å². The zero-order chi connectivity index (χ0) is 20.4. The predicted octanol–water partition coefficient (Wildman–Crippen LogP) is 1.73. The van der Waals surface area contributed by atoms with Gasteiger partial charge in [0.2, 0.25) is 5.91 Å². The van der Waals surface area contributed by atoms with E-state index in [2.05, 4.69) is 25.8 Å². The maximum absolute atomic E-state index is 13.2. The number of nitrogens with zero attached hydrogens (tertiary/aromatic N) is 2. The Kier molecular flexibility index (Phi) is 11.8. The number of likely N-dealkylation sites (tertiary alicyclic amines) is 1. The topological polar surface area (TPSA) is 78.0 Å². The Balaban J connectivity index is 0.00000420. The molecule has 3 N–H and O–H groups in total. The Labute approximate surface area is 187 Å². The van der Waals surface area contributed by atoms with Crippen LogP contribution in [0, 0.1) is 11.6 Å². The maximum atomic E-state index is 13.2. The van der Waals surface area contributed by atoms with Crippen LogP contribution in [0.25, 0.3) is 0 Å². The number of amides is 1. The van der Waals surface area contributed by atoms with Crippen LogP contribution in [0.2, 0.25) is 0 Å². The molecule has 0 unspecified atom stereocenters. The van der Waals surface area contributed by atoms with Gasteiger partial charge in [0.15, 0.2) is 17.6 Å². The number of guanidine groups is 1. The van der Waals surface area contributed by atoms with Crippen molar-refractivity contribution in [2.45, 2.75) is 25.8 Å². The molecule has 0 radical (unpaired) electrons. The summed E-state index contributed by atoms with van der Waals surface area (Å²) < 4.78 is 31.5. The average molecular weight is 525 g/mol. The minimum atomic E-state index is -0.932. The molecule has 0 spiro atoms. The normalized spacial score (nSPS) is 15.4. The van der Waals surface area contributed by atoms with Gasteiger partial charge in [0, 0.05) is 38.8 Å². The van der Waals surface area contributed by atoms with Gasteiger partial charge < -0.3 is 20.7 Å². The second kappa shape index (κ2) is 13.5. The first-order valence-corrected chi connectivity index (χ1v) is 9.57. The molecule has 29 heavy (non-hydrogen) atoms. The quantitative estimate of drug-likeness (QED) is 0.209. The highest BCUT2D eigenvalue weighted by atomic mass is 127. The summed E-state index contributed by atoms with van der Waals surface area (Å²) in [6.07, 6.45) is 1.85. The van der Waals surface area contributed by atoms with Crippen molar-refractivity contribution in [2.75, 3.05) is 46.4 Å². The zero-order valence-electron chi connectivity index (χ0n) is 16.8. The van der Waals surface area contributed by atoms with E-state index in [1.807, 2.05) is 6.92 Å². The first-order valence-electron chi connectivity index (χ1n) is 9.57. The SMILES string of the molecule is CCNC(=NCCOc1ccc(F)c(F)c1)NC1CCN(CC(=O)NC)CC1.I. The van der Waals surface area contributed by atoms with Gasteiger partial charge in [-0.05, 0) is 31.9 Å². The van der Waals surface area contributed by atoms with E-state index in [9.17, 15) is 13.6 Å². The number of rotatable bonds is 8. The molecule has 7 nitrogen and oxygen atoms in total. The minimum Gasteiger partial charge on any atom is -0.492 e. The molecule has 0 atom stereocenters. The molecule has 1 aromatic rings. The zero-order valence-corrected chi connectivity index (χ0v) is 19.2. The Hall–Kier alpha value is -1.69. The molecule has 2 rings (SSSR count). The number of halogens is 3. The number of benzene rings is 1. The Morgan fingerprint density at radius 1 is 1.28 bits per heavy atom. The van der Waals surface area contributed by atoms with E-state index in [-0.39, 0.29) is 48.3 Å². The number of carbonyl (C=O) groups is 1. The molecule has 0 saturated carbocycles. The van der Waals surface area contributed by atoms with Gasteiger partial charge >= 0.3 is 0 Å². The molecule has 0 aliphatic carbocycles. The van der Waals surface area contributed by atoms with E-state index < -0.39 is 11.6 Å². The number of likely N-dealkylation sites (N-methyl/N-ethyl adjacent to an activating group) is 1. The molecule has 1 aromatic carbocycles. The predicted molar refractivity (Wildman–Crippen MR) is 120 cm³/mol. The summed E-state index contributed by atoms with van der Waals surface area (Å²) in [5.41, 5.74) is 0. The van der Waals surface area contributed by atoms with Crippen LogP contribution < -0.4 is 20.7 Å². The Bertz CT molecular complexity index is 670. The van der Waals surface area contributed by atoms with E-state index in [0.29, 0.717) is 19.0 Å². The van der Waals surface area contributed by atoms with E-state index in [0.717, 1.165) is 44.6 Å². The van der Waals surface area contributed by atoms with Crippen molar-refractivity contribution in [1.82, 2.24) is 20.9 Å². The second-order valence-corrected chi connectivity index (χ2v) is 6.55. The Morgan fingerprint density at radius 3 is 2.62 bits per heavy atom. The fourth-order valence-electron chi connectivity index (χ4n) is 2.92. The first kappa shape index (κ1) is 25.3. The highest BCUT2D eigenvalue weighted by Gasteiger charge is 2.21. The molecule has 1 heterocycles. The summed E-state index contributed by atoms with van der Waals surface area (Å²) in [5, 5.41) is 9.24. The molecular weight excluding hydrogens is 495 g/mol. The summed E-state index contributed by atoms with van der Waals surface area (Å²) >= 11 is 0. The average Bonchev–Trinajstić information content (AvgIpc) is 2.69. The Morgan fingerprint density at radius 2 is 2.00 bits per heavy atom. The number of carbonyl (C=O) groups excluding carboxylic acids is 1. The summed E-state index contributed by atoms with van der Waals surface area (Å²) in [6, 6.07) is 3.73. The van der Waals surface area contributed by atoms with Gasteiger partial charge in [0.25, 0.3) is 0 Å². The van der Waals surface area contributed by atoms with Crippen LogP contribution in [0.5, 0.6) is 5.75 Å². The van der Waals surface area contributed by atoms with Gasteiger partial charge in [0.1, 0.15) is 12.4 Å². The molecule has 1 aliphatic rings. The molecule has 164 valence electrons. The molecule has 1 aliphatic heterocycles. The van der Waals surface area contributed by atoms with Crippen LogP contribution >= 0.6 is 24.0 Å². The molecule has 1 fully saturated rings. The van der Waals surface area contributed by atoms with Gasteiger partial charge in [-0.3, -0.25) is 9.69 Å². The second-order valence-electron chi connectivity index (χ2n) is 6.55. The van der Waals surface area contributed by atoms with Crippen LogP contribution in [-0.2, 0) is 4.79 Å². The summed E-state index contributed by atoms with van der Waals surface area (Å²) in [7, 11) is 1.64. The van der Waals surface area contributed by atoms with Crippen molar-refractivity contribution in [3.05, 3.63) is 29.8 Å². The molecule has 0 aromatic heterocycles. The number of piperidine rings is 1. The van der Waals surface area contributed by atoms with E-state index in [1.54, 1.807) is 7.05 Å². The molecule has 1 saturated heterocycles. The fourth-order valence-corrected chi connectivity index (χ4v) is 2.92. The van der Waals surface area contributed by atoms with Crippen LogP contribution in [0.1, 0.15) is 19.8 Å². The summed E-state index contributed by atoms with van der Waals surface area (Å²) in [4.78, 5) is 18.1. The highest BCUT2D eigenvalue weighted by molar-refractivity contribution is 14.0. The summed E-state index contributed by atoms with van der Waals surface area (Å²) in [6.45, 7) is 5.48. The van der Waals surface area contributed by atoms with Crippen LogP contribution in [0.15, 0.2) is 23.2 Å². The van der Waals surface area contributed by atoms with Gasteiger partial charge in [-0.15, -0.1) is 24.0 Å². The number of hydrogen-bond acceptors (Lipinski definition) is 4.